The molecule has 0 heterocycles. The highest BCUT2D eigenvalue weighted by Crippen LogP contribution is 2.20. The molecule has 0 saturated heterocycles. The van der Waals surface area contributed by atoms with Crippen LogP contribution in [0.3, 0.4) is 0 Å². The van der Waals surface area contributed by atoms with E-state index < -0.39 is 5.97 Å². The first-order valence-corrected chi connectivity index (χ1v) is 6.67. The zero-order valence-electron chi connectivity index (χ0n) is 10.7. The van der Waals surface area contributed by atoms with E-state index in [-0.39, 0.29) is 11.5 Å². The molecule has 0 atom stereocenters. The van der Waals surface area contributed by atoms with Gasteiger partial charge in [-0.15, -0.1) is 0 Å². The molecule has 0 spiro atoms. The lowest BCUT2D eigenvalue weighted by Crippen LogP contribution is -2.13. The lowest BCUT2D eigenvalue weighted by Gasteiger charge is -2.08. The number of amides is 1. The summed E-state index contributed by atoms with van der Waals surface area (Å²) in [6.07, 6.45) is 0. The van der Waals surface area contributed by atoms with Gasteiger partial charge in [-0.3, -0.25) is 4.79 Å². The lowest BCUT2D eigenvalue weighted by molar-refractivity contribution is 0.0696. The molecule has 2 N–H and O–H groups in total. The van der Waals surface area contributed by atoms with Crippen LogP contribution in [0.5, 0.6) is 0 Å². The molecule has 0 aromatic heterocycles. The maximum Gasteiger partial charge on any atom is 0.335 e. The number of anilines is 1. The maximum atomic E-state index is 12.2. The van der Waals surface area contributed by atoms with Gasteiger partial charge in [0.2, 0.25) is 0 Å². The fourth-order valence-electron chi connectivity index (χ4n) is 1.74. The van der Waals surface area contributed by atoms with Crippen LogP contribution in [0, 0.1) is 6.92 Å². The minimum atomic E-state index is -1.03. The van der Waals surface area contributed by atoms with Gasteiger partial charge in [0.1, 0.15) is 0 Å². The zero-order chi connectivity index (χ0) is 14.7. The van der Waals surface area contributed by atoms with Crippen molar-refractivity contribution in [3.05, 3.63) is 63.6 Å². The van der Waals surface area contributed by atoms with Crippen molar-refractivity contribution in [2.24, 2.45) is 0 Å². The third-order valence-electron chi connectivity index (χ3n) is 2.73. The highest BCUT2D eigenvalue weighted by molar-refractivity contribution is 9.10. The molecule has 20 heavy (non-hydrogen) atoms. The van der Waals surface area contributed by atoms with Gasteiger partial charge < -0.3 is 10.4 Å². The number of benzene rings is 2. The van der Waals surface area contributed by atoms with Gasteiger partial charge in [0, 0.05) is 10.2 Å². The van der Waals surface area contributed by atoms with Gasteiger partial charge in [-0.05, 0) is 53.2 Å². The summed E-state index contributed by atoms with van der Waals surface area (Å²) < 4.78 is 0.690. The highest BCUT2D eigenvalue weighted by Gasteiger charge is 2.11. The maximum absolute atomic E-state index is 12.2. The number of halogens is 1. The summed E-state index contributed by atoms with van der Waals surface area (Å²) in [6, 6.07) is 11.6. The summed E-state index contributed by atoms with van der Waals surface area (Å²) in [5.74, 6) is -1.32. The smallest absolute Gasteiger partial charge is 0.335 e. The Hall–Kier alpha value is -2.14. The molecule has 0 aliphatic heterocycles. The third-order valence-corrected chi connectivity index (χ3v) is 3.43. The number of carboxylic acids is 1. The predicted octanol–water partition coefficient (Wildman–Crippen LogP) is 3.71. The van der Waals surface area contributed by atoms with Crippen molar-refractivity contribution >= 4 is 33.5 Å². The number of nitrogens with one attached hydrogen (secondary N) is 1. The van der Waals surface area contributed by atoms with E-state index in [0.29, 0.717) is 15.7 Å². The minimum absolute atomic E-state index is 0.131. The van der Waals surface area contributed by atoms with E-state index in [0.717, 1.165) is 5.56 Å². The van der Waals surface area contributed by atoms with Crippen molar-refractivity contribution < 1.29 is 14.7 Å². The van der Waals surface area contributed by atoms with Crippen LogP contribution in [0.4, 0.5) is 5.69 Å². The predicted molar refractivity (Wildman–Crippen MR) is 80.2 cm³/mol. The van der Waals surface area contributed by atoms with E-state index in [4.69, 9.17) is 5.11 Å². The molecule has 0 fully saturated rings. The molecule has 0 saturated carbocycles. The standard InChI is InChI=1S/C15H12BrNO3/c1-9-5-6-13(16)12(7-9)14(18)17-11-4-2-3-10(8-11)15(19)20/h2-8H,1H3,(H,17,18)(H,19,20). The van der Waals surface area contributed by atoms with Crippen molar-refractivity contribution in [1.29, 1.82) is 0 Å². The summed E-state index contributed by atoms with van der Waals surface area (Å²) in [5, 5.41) is 11.6. The summed E-state index contributed by atoms with van der Waals surface area (Å²) in [7, 11) is 0. The van der Waals surface area contributed by atoms with Gasteiger partial charge in [0.05, 0.1) is 11.1 Å². The molecular formula is C15H12BrNO3. The van der Waals surface area contributed by atoms with Crippen LogP contribution in [-0.2, 0) is 0 Å². The Morgan fingerprint density at radius 1 is 1.15 bits per heavy atom. The minimum Gasteiger partial charge on any atom is -0.478 e. The Labute approximate surface area is 124 Å². The number of aryl methyl sites for hydroxylation is 1. The number of hydrogen-bond acceptors (Lipinski definition) is 2. The van der Waals surface area contributed by atoms with Crippen molar-refractivity contribution in [1.82, 2.24) is 0 Å². The second kappa shape index (κ2) is 5.88. The van der Waals surface area contributed by atoms with E-state index in [1.807, 2.05) is 13.0 Å². The molecule has 2 rings (SSSR count). The average molecular weight is 334 g/mol. The number of carboxylic acid groups (broad SMARTS) is 1. The van der Waals surface area contributed by atoms with Crippen molar-refractivity contribution in [2.75, 3.05) is 5.32 Å². The molecular weight excluding hydrogens is 322 g/mol. The van der Waals surface area contributed by atoms with Gasteiger partial charge in [-0.2, -0.15) is 0 Å². The van der Waals surface area contributed by atoms with Crippen molar-refractivity contribution in [2.45, 2.75) is 6.92 Å². The van der Waals surface area contributed by atoms with Crippen LogP contribution in [0.2, 0.25) is 0 Å². The lowest BCUT2D eigenvalue weighted by atomic mass is 10.1. The monoisotopic (exact) mass is 333 g/mol. The first kappa shape index (κ1) is 14.3. The Bertz CT molecular complexity index is 683. The van der Waals surface area contributed by atoms with Crippen LogP contribution < -0.4 is 5.32 Å². The quantitative estimate of drug-likeness (QED) is 0.899. The second-order valence-corrected chi connectivity index (χ2v) is 5.18. The summed E-state index contributed by atoms with van der Waals surface area (Å²) in [6.45, 7) is 1.90. The van der Waals surface area contributed by atoms with E-state index in [9.17, 15) is 9.59 Å². The molecule has 5 heteroatoms. The molecule has 4 nitrogen and oxygen atoms in total. The van der Waals surface area contributed by atoms with E-state index in [2.05, 4.69) is 21.2 Å². The normalized spacial score (nSPS) is 10.1. The Morgan fingerprint density at radius 2 is 1.90 bits per heavy atom. The fraction of sp³-hybridized carbons (Fsp3) is 0.0667. The average Bonchev–Trinajstić information content (AvgIpc) is 2.41. The van der Waals surface area contributed by atoms with Crippen LogP contribution in [0.15, 0.2) is 46.9 Å². The molecule has 102 valence electrons. The molecule has 0 aliphatic carbocycles. The van der Waals surface area contributed by atoms with E-state index in [1.54, 1.807) is 24.3 Å². The summed E-state index contributed by atoms with van der Waals surface area (Å²) >= 11 is 3.33. The number of hydrogen-bond donors (Lipinski definition) is 2. The molecule has 2 aromatic carbocycles. The topological polar surface area (TPSA) is 66.4 Å². The van der Waals surface area contributed by atoms with Crippen molar-refractivity contribution in [3.8, 4) is 0 Å². The summed E-state index contributed by atoms with van der Waals surface area (Å²) in [4.78, 5) is 23.1. The van der Waals surface area contributed by atoms with E-state index >= 15 is 0 Å². The fourth-order valence-corrected chi connectivity index (χ4v) is 2.17. The third kappa shape index (κ3) is 3.24. The van der Waals surface area contributed by atoms with Gasteiger partial charge in [0.25, 0.3) is 5.91 Å². The Kier molecular flexibility index (Phi) is 4.20. The number of carbonyl (C=O) groups excluding carboxylic acids is 1. The molecule has 0 radical (unpaired) electrons. The van der Waals surface area contributed by atoms with Crippen molar-refractivity contribution in [3.63, 3.8) is 0 Å². The van der Waals surface area contributed by atoms with E-state index in [1.165, 1.54) is 12.1 Å². The number of carbonyl (C=O) groups is 2. The van der Waals surface area contributed by atoms with Crippen LogP contribution in [0.25, 0.3) is 0 Å². The highest BCUT2D eigenvalue weighted by atomic mass is 79.9. The first-order chi connectivity index (χ1) is 9.47. The number of aromatic carboxylic acids is 1. The first-order valence-electron chi connectivity index (χ1n) is 5.88. The van der Waals surface area contributed by atoms with Crippen LogP contribution in [-0.4, -0.2) is 17.0 Å². The summed E-state index contributed by atoms with van der Waals surface area (Å²) in [5.41, 5.74) is 2.05. The SMILES string of the molecule is Cc1ccc(Br)c(C(=O)Nc2cccc(C(=O)O)c2)c1. The molecule has 0 unspecified atom stereocenters. The van der Waals surface area contributed by atoms with Crippen LogP contribution in [0.1, 0.15) is 26.3 Å². The van der Waals surface area contributed by atoms with Gasteiger partial charge in [-0.25, -0.2) is 4.79 Å². The van der Waals surface area contributed by atoms with Gasteiger partial charge in [-0.1, -0.05) is 17.7 Å². The largest absolute Gasteiger partial charge is 0.478 e. The molecule has 0 aliphatic rings. The second-order valence-electron chi connectivity index (χ2n) is 4.32. The Balaban J connectivity index is 2.25. The zero-order valence-corrected chi connectivity index (χ0v) is 12.3. The molecule has 0 bridgehead atoms. The number of rotatable bonds is 3. The molecule has 1 amide bonds. The van der Waals surface area contributed by atoms with Gasteiger partial charge in [0.15, 0.2) is 0 Å². The van der Waals surface area contributed by atoms with Gasteiger partial charge >= 0.3 is 5.97 Å². The molecule has 2 aromatic rings. The van der Waals surface area contributed by atoms with Crippen LogP contribution >= 0.6 is 15.9 Å². The Morgan fingerprint density at radius 3 is 2.60 bits per heavy atom.